The van der Waals surface area contributed by atoms with Crippen molar-refractivity contribution >= 4 is 29.6 Å². The van der Waals surface area contributed by atoms with Crippen LogP contribution in [0, 0.1) is 6.92 Å². The summed E-state index contributed by atoms with van der Waals surface area (Å²) in [6, 6.07) is 0. The summed E-state index contributed by atoms with van der Waals surface area (Å²) < 4.78 is 1.51. The molecular weight excluding hydrogens is 282 g/mol. The first-order valence-electron chi connectivity index (χ1n) is 5.97. The Morgan fingerprint density at radius 1 is 1.45 bits per heavy atom. The predicted octanol–water partition coefficient (Wildman–Crippen LogP) is 1.72. The van der Waals surface area contributed by atoms with Crippen molar-refractivity contribution in [3.8, 4) is 0 Å². The number of aliphatic carboxylic acids is 1. The Bertz CT molecular complexity index is 576. The molecule has 1 aromatic rings. The topological polar surface area (TPSA) is 75.4 Å². The van der Waals surface area contributed by atoms with E-state index in [2.05, 4.69) is 5.10 Å². The summed E-state index contributed by atoms with van der Waals surface area (Å²) in [6.45, 7) is 4.70. The molecule has 0 aliphatic carbocycles. The van der Waals surface area contributed by atoms with E-state index in [1.165, 1.54) is 31.7 Å². The maximum absolute atomic E-state index is 12.0. The number of carboxylic acids is 1. The van der Waals surface area contributed by atoms with Crippen LogP contribution >= 0.6 is 11.6 Å². The molecule has 1 aromatic heterocycles. The summed E-state index contributed by atoms with van der Waals surface area (Å²) in [5.41, 5.74) is 0.0561. The second-order valence-corrected chi connectivity index (χ2v) is 5.37. The Morgan fingerprint density at radius 3 is 2.40 bits per heavy atom. The molecule has 0 aliphatic rings. The molecule has 0 aromatic carbocycles. The third kappa shape index (κ3) is 3.01. The molecule has 0 unspecified atom stereocenters. The number of likely N-dealkylation sites (N-methyl/N-ethyl adjacent to an activating group) is 1. The summed E-state index contributed by atoms with van der Waals surface area (Å²) in [6.07, 6.45) is 2.84. The fraction of sp³-hybridized carbons (Fsp3) is 0.462. The third-order valence-corrected chi connectivity index (χ3v) is 3.73. The SMILES string of the molecule is Cc1nn(C)c(Cl)c1C=CC(=O)N(C)C(C)(C)C(=O)O. The van der Waals surface area contributed by atoms with Gasteiger partial charge in [0.05, 0.1) is 5.69 Å². The van der Waals surface area contributed by atoms with Gasteiger partial charge in [0, 0.05) is 25.7 Å². The van der Waals surface area contributed by atoms with Crippen LogP contribution in [-0.2, 0) is 16.6 Å². The van der Waals surface area contributed by atoms with Crippen LogP contribution in [0.15, 0.2) is 6.08 Å². The van der Waals surface area contributed by atoms with E-state index in [-0.39, 0.29) is 0 Å². The largest absolute Gasteiger partial charge is 0.480 e. The Kier molecular flexibility index (Phi) is 4.60. The average molecular weight is 300 g/mol. The molecule has 0 fully saturated rings. The quantitative estimate of drug-likeness (QED) is 0.859. The van der Waals surface area contributed by atoms with E-state index >= 15 is 0 Å². The zero-order valence-electron chi connectivity index (χ0n) is 12.1. The van der Waals surface area contributed by atoms with Crippen LogP contribution in [0.25, 0.3) is 6.08 Å². The van der Waals surface area contributed by atoms with E-state index in [1.54, 1.807) is 20.0 Å². The lowest BCUT2D eigenvalue weighted by Gasteiger charge is -2.30. The number of rotatable bonds is 4. The highest BCUT2D eigenvalue weighted by Gasteiger charge is 2.34. The van der Waals surface area contributed by atoms with Gasteiger partial charge in [-0.1, -0.05) is 11.6 Å². The van der Waals surface area contributed by atoms with Crippen LogP contribution in [-0.4, -0.2) is 44.3 Å². The van der Waals surface area contributed by atoms with E-state index in [9.17, 15) is 9.59 Å². The number of carboxylic acid groups (broad SMARTS) is 1. The Hall–Kier alpha value is -1.82. The summed E-state index contributed by atoms with van der Waals surface area (Å²) in [4.78, 5) is 24.3. The van der Waals surface area contributed by atoms with Gasteiger partial charge in [-0.2, -0.15) is 5.10 Å². The minimum atomic E-state index is -1.28. The van der Waals surface area contributed by atoms with E-state index in [0.717, 1.165) is 4.90 Å². The Morgan fingerprint density at radius 2 is 2.00 bits per heavy atom. The van der Waals surface area contributed by atoms with Gasteiger partial charge in [-0.3, -0.25) is 9.48 Å². The Labute approximate surface area is 122 Å². The van der Waals surface area contributed by atoms with Crippen LogP contribution < -0.4 is 0 Å². The van der Waals surface area contributed by atoms with Gasteiger partial charge in [-0.25, -0.2) is 4.79 Å². The Balaban J connectivity index is 2.96. The number of amides is 1. The molecule has 0 radical (unpaired) electrons. The maximum atomic E-state index is 12.0. The fourth-order valence-electron chi connectivity index (χ4n) is 1.52. The van der Waals surface area contributed by atoms with Crippen molar-refractivity contribution in [2.24, 2.45) is 7.05 Å². The normalized spacial score (nSPS) is 11.9. The highest BCUT2D eigenvalue weighted by atomic mass is 35.5. The molecule has 1 N–H and O–H groups in total. The van der Waals surface area contributed by atoms with Gasteiger partial charge >= 0.3 is 5.97 Å². The standard InChI is InChI=1S/C13H18ClN3O3/c1-8-9(11(14)17(5)15-8)6-7-10(18)16(4)13(2,3)12(19)20/h6-7H,1-5H3,(H,19,20). The van der Waals surface area contributed by atoms with Crippen LogP contribution in [0.3, 0.4) is 0 Å². The number of aromatic nitrogens is 2. The molecule has 0 aliphatic heterocycles. The lowest BCUT2D eigenvalue weighted by atomic mass is 10.0. The molecule has 20 heavy (non-hydrogen) atoms. The predicted molar refractivity (Wildman–Crippen MR) is 76.5 cm³/mol. The number of halogens is 1. The second kappa shape index (κ2) is 5.66. The van der Waals surface area contributed by atoms with Crippen molar-refractivity contribution in [2.75, 3.05) is 7.05 Å². The maximum Gasteiger partial charge on any atom is 0.329 e. The minimum Gasteiger partial charge on any atom is -0.480 e. The lowest BCUT2D eigenvalue weighted by Crippen LogP contribution is -2.50. The van der Waals surface area contributed by atoms with Crippen LogP contribution in [0.5, 0.6) is 0 Å². The monoisotopic (exact) mass is 299 g/mol. The number of aryl methyl sites for hydroxylation is 2. The van der Waals surface area contributed by atoms with Crippen LogP contribution in [0.1, 0.15) is 25.1 Å². The van der Waals surface area contributed by atoms with Gasteiger partial charge < -0.3 is 10.0 Å². The number of carbonyl (C=O) groups excluding carboxylic acids is 1. The fourth-order valence-corrected chi connectivity index (χ4v) is 1.76. The first-order valence-corrected chi connectivity index (χ1v) is 6.35. The first-order chi connectivity index (χ1) is 9.09. The number of hydrogen-bond acceptors (Lipinski definition) is 3. The molecule has 1 amide bonds. The van der Waals surface area contributed by atoms with Crippen molar-refractivity contribution < 1.29 is 14.7 Å². The van der Waals surface area contributed by atoms with Crippen molar-refractivity contribution in [3.63, 3.8) is 0 Å². The second-order valence-electron chi connectivity index (χ2n) is 5.01. The van der Waals surface area contributed by atoms with Crippen LogP contribution in [0.4, 0.5) is 0 Å². The molecule has 6 nitrogen and oxygen atoms in total. The summed E-state index contributed by atoms with van der Waals surface area (Å²) in [7, 11) is 3.15. The molecule has 0 bridgehead atoms. The third-order valence-electron chi connectivity index (χ3n) is 3.28. The van der Waals surface area contributed by atoms with Crippen molar-refractivity contribution in [3.05, 3.63) is 22.5 Å². The number of nitrogens with zero attached hydrogens (tertiary/aromatic N) is 3. The summed E-state index contributed by atoms with van der Waals surface area (Å²) in [5, 5.41) is 13.6. The summed E-state index contributed by atoms with van der Waals surface area (Å²) in [5.74, 6) is -1.49. The zero-order valence-corrected chi connectivity index (χ0v) is 12.9. The highest BCUT2D eigenvalue weighted by molar-refractivity contribution is 6.31. The average Bonchev–Trinajstić information content (AvgIpc) is 2.59. The summed E-state index contributed by atoms with van der Waals surface area (Å²) >= 11 is 6.05. The van der Waals surface area contributed by atoms with Gasteiger partial charge in [-0.15, -0.1) is 0 Å². The lowest BCUT2D eigenvalue weighted by molar-refractivity contribution is -0.153. The smallest absolute Gasteiger partial charge is 0.329 e. The molecule has 7 heteroatoms. The molecule has 1 heterocycles. The minimum absolute atomic E-state index is 0.420. The van der Waals surface area contributed by atoms with Gasteiger partial charge in [-0.05, 0) is 26.8 Å². The van der Waals surface area contributed by atoms with Gasteiger partial charge in [0.1, 0.15) is 10.7 Å². The molecule has 0 saturated heterocycles. The molecular formula is C13H18ClN3O3. The van der Waals surface area contributed by atoms with Crippen molar-refractivity contribution in [1.29, 1.82) is 0 Å². The van der Waals surface area contributed by atoms with Gasteiger partial charge in [0.15, 0.2) is 0 Å². The van der Waals surface area contributed by atoms with Gasteiger partial charge in [0.25, 0.3) is 0 Å². The molecule has 0 saturated carbocycles. The van der Waals surface area contributed by atoms with E-state index in [4.69, 9.17) is 16.7 Å². The first kappa shape index (κ1) is 16.2. The van der Waals surface area contributed by atoms with Crippen molar-refractivity contribution in [1.82, 2.24) is 14.7 Å². The van der Waals surface area contributed by atoms with Gasteiger partial charge in [0.2, 0.25) is 5.91 Å². The number of hydrogen-bond donors (Lipinski definition) is 1. The van der Waals surface area contributed by atoms with E-state index in [1.807, 2.05) is 0 Å². The molecule has 0 atom stereocenters. The molecule has 1 rings (SSSR count). The zero-order chi connectivity index (χ0) is 15.7. The van der Waals surface area contributed by atoms with Crippen molar-refractivity contribution in [2.45, 2.75) is 26.3 Å². The molecule has 110 valence electrons. The number of carbonyl (C=O) groups is 2. The highest BCUT2D eigenvalue weighted by Crippen LogP contribution is 2.20. The van der Waals surface area contributed by atoms with E-state index < -0.39 is 17.4 Å². The van der Waals surface area contributed by atoms with Crippen LogP contribution in [0.2, 0.25) is 5.15 Å². The van der Waals surface area contributed by atoms with E-state index in [0.29, 0.717) is 16.4 Å². The molecule has 0 spiro atoms.